The molecule has 1 aromatic heterocycles. The molecule has 0 radical (unpaired) electrons. The monoisotopic (exact) mass is 354 g/mol. The van der Waals surface area contributed by atoms with Crippen LogP contribution in [0.25, 0.3) is 0 Å². The van der Waals surface area contributed by atoms with Crippen molar-refractivity contribution in [3.8, 4) is 0 Å². The number of esters is 1. The van der Waals surface area contributed by atoms with Crippen molar-refractivity contribution in [2.45, 2.75) is 20.8 Å². The second kappa shape index (κ2) is 6.37. The number of ether oxygens (including phenoxy) is 1. The molecule has 1 N–H and O–H groups in total. The molecule has 0 saturated heterocycles. The van der Waals surface area contributed by atoms with Crippen LogP contribution >= 0.6 is 27.3 Å². The third-order valence-corrected chi connectivity index (χ3v) is 4.07. The molecule has 2 rings (SSSR count). The lowest BCUT2D eigenvalue weighted by molar-refractivity contribution is 0.0519. The van der Waals surface area contributed by atoms with Gasteiger partial charge in [-0.15, -0.1) is 11.3 Å². The highest BCUT2D eigenvalue weighted by Crippen LogP contribution is 2.28. The van der Waals surface area contributed by atoms with Crippen LogP contribution in [-0.2, 0) is 4.74 Å². The first-order valence-electron chi connectivity index (χ1n) is 6.19. The number of hydrogen-bond donors (Lipinski definition) is 1. The Bertz CT molecular complexity index is 640. The fourth-order valence-electron chi connectivity index (χ4n) is 1.72. The number of aromatic nitrogens is 1. The van der Waals surface area contributed by atoms with Crippen molar-refractivity contribution < 1.29 is 9.53 Å². The fraction of sp³-hybridized carbons (Fsp3) is 0.286. The van der Waals surface area contributed by atoms with Crippen LogP contribution in [0.2, 0.25) is 0 Å². The Kier molecular flexibility index (Phi) is 4.77. The maximum Gasteiger partial charge on any atom is 0.358 e. The van der Waals surface area contributed by atoms with Gasteiger partial charge in [0.25, 0.3) is 0 Å². The third-order valence-electron chi connectivity index (χ3n) is 2.70. The largest absolute Gasteiger partial charge is 0.461 e. The average molecular weight is 355 g/mol. The van der Waals surface area contributed by atoms with Crippen molar-refractivity contribution in [1.29, 1.82) is 0 Å². The maximum absolute atomic E-state index is 11.7. The Balaban J connectivity index is 2.22. The van der Waals surface area contributed by atoms with Crippen LogP contribution in [0.1, 0.15) is 27.9 Å². The molecule has 4 nitrogen and oxygen atoms in total. The third kappa shape index (κ3) is 3.37. The normalized spacial score (nSPS) is 10.4. The zero-order chi connectivity index (χ0) is 14.7. The van der Waals surface area contributed by atoms with E-state index in [4.69, 9.17) is 4.74 Å². The van der Waals surface area contributed by atoms with Crippen molar-refractivity contribution in [1.82, 2.24) is 4.98 Å². The quantitative estimate of drug-likeness (QED) is 0.824. The molecule has 0 spiro atoms. The SMILES string of the molecule is CCOC(=O)c1nc(Nc2ccc(Br)cc2C)sc1C. The molecule has 1 aromatic carbocycles. The number of rotatable bonds is 4. The lowest BCUT2D eigenvalue weighted by Gasteiger charge is -2.06. The van der Waals surface area contributed by atoms with E-state index in [0.717, 1.165) is 20.6 Å². The summed E-state index contributed by atoms with van der Waals surface area (Å²) in [5.41, 5.74) is 2.45. The first-order valence-corrected chi connectivity index (χ1v) is 7.80. The van der Waals surface area contributed by atoms with E-state index < -0.39 is 0 Å². The van der Waals surface area contributed by atoms with E-state index in [-0.39, 0.29) is 5.97 Å². The lowest BCUT2D eigenvalue weighted by atomic mass is 10.2. The number of halogens is 1. The number of anilines is 2. The van der Waals surface area contributed by atoms with Gasteiger partial charge < -0.3 is 10.1 Å². The number of carbonyl (C=O) groups is 1. The number of benzene rings is 1. The number of nitrogens with one attached hydrogen (secondary N) is 1. The van der Waals surface area contributed by atoms with Crippen LogP contribution in [-0.4, -0.2) is 17.6 Å². The minimum absolute atomic E-state index is 0.352. The second-order valence-electron chi connectivity index (χ2n) is 4.23. The molecular formula is C14H15BrN2O2S. The van der Waals surface area contributed by atoms with E-state index in [0.29, 0.717) is 17.4 Å². The van der Waals surface area contributed by atoms with Crippen molar-refractivity contribution in [2.75, 3.05) is 11.9 Å². The highest BCUT2D eigenvalue weighted by atomic mass is 79.9. The van der Waals surface area contributed by atoms with Crippen molar-refractivity contribution in [3.63, 3.8) is 0 Å². The fourth-order valence-corrected chi connectivity index (χ4v) is 3.01. The van der Waals surface area contributed by atoms with Gasteiger partial charge in [-0.05, 0) is 44.5 Å². The minimum atomic E-state index is -0.373. The average Bonchev–Trinajstić information content (AvgIpc) is 2.74. The van der Waals surface area contributed by atoms with E-state index in [1.807, 2.05) is 32.0 Å². The highest BCUT2D eigenvalue weighted by Gasteiger charge is 2.16. The molecule has 106 valence electrons. The van der Waals surface area contributed by atoms with Gasteiger partial charge >= 0.3 is 5.97 Å². The number of nitrogens with zero attached hydrogens (tertiary/aromatic N) is 1. The molecule has 0 unspecified atom stereocenters. The maximum atomic E-state index is 11.7. The second-order valence-corrected chi connectivity index (χ2v) is 6.35. The molecule has 0 aliphatic carbocycles. The number of hydrogen-bond acceptors (Lipinski definition) is 5. The van der Waals surface area contributed by atoms with Gasteiger partial charge in [-0.25, -0.2) is 9.78 Å². The molecule has 0 aliphatic rings. The molecule has 0 atom stereocenters. The summed E-state index contributed by atoms with van der Waals surface area (Å²) in [6, 6.07) is 5.96. The lowest BCUT2D eigenvalue weighted by Crippen LogP contribution is -2.06. The van der Waals surface area contributed by atoms with Crippen LogP contribution in [0, 0.1) is 13.8 Å². The van der Waals surface area contributed by atoms with Gasteiger partial charge in [0.1, 0.15) is 0 Å². The molecule has 0 aliphatic heterocycles. The van der Waals surface area contributed by atoms with E-state index in [9.17, 15) is 4.79 Å². The minimum Gasteiger partial charge on any atom is -0.461 e. The summed E-state index contributed by atoms with van der Waals surface area (Å²) in [5, 5.41) is 3.93. The van der Waals surface area contributed by atoms with E-state index in [1.54, 1.807) is 6.92 Å². The molecule has 0 bridgehead atoms. The molecule has 20 heavy (non-hydrogen) atoms. The zero-order valence-corrected chi connectivity index (χ0v) is 13.9. The molecule has 6 heteroatoms. The highest BCUT2D eigenvalue weighted by molar-refractivity contribution is 9.10. The van der Waals surface area contributed by atoms with Gasteiger partial charge in [0.2, 0.25) is 0 Å². The van der Waals surface area contributed by atoms with Gasteiger partial charge in [-0.2, -0.15) is 0 Å². The van der Waals surface area contributed by atoms with Crippen molar-refractivity contribution in [2.24, 2.45) is 0 Å². The summed E-state index contributed by atoms with van der Waals surface area (Å²) in [6.07, 6.45) is 0. The van der Waals surface area contributed by atoms with E-state index in [1.165, 1.54) is 11.3 Å². The molecule has 0 amide bonds. The van der Waals surface area contributed by atoms with Gasteiger partial charge in [0, 0.05) is 15.0 Å². The first-order chi connectivity index (χ1) is 9.51. The summed E-state index contributed by atoms with van der Waals surface area (Å²) in [4.78, 5) is 16.9. The van der Waals surface area contributed by atoms with E-state index in [2.05, 4.69) is 26.2 Å². The number of aryl methyl sites for hydroxylation is 2. The van der Waals surface area contributed by atoms with E-state index >= 15 is 0 Å². The van der Waals surface area contributed by atoms with Gasteiger partial charge in [-0.1, -0.05) is 15.9 Å². The first kappa shape index (κ1) is 15.0. The molecule has 2 aromatic rings. The van der Waals surface area contributed by atoms with Crippen LogP contribution in [0.3, 0.4) is 0 Å². The van der Waals surface area contributed by atoms with Crippen LogP contribution < -0.4 is 5.32 Å². The van der Waals surface area contributed by atoms with Gasteiger partial charge in [-0.3, -0.25) is 0 Å². The molecule has 0 fully saturated rings. The standard InChI is InChI=1S/C14H15BrN2O2S/c1-4-19-13(18)12-9(3)20-14(17-12)16-11-6-5-10(15)7-8(11)2/h5-7H,4H2,1-3H3,(H,16,17). The smallest absolute Gasteiger partial charge is 0.358 e. The Morgan fingerprint density at radius 1 is 1.45 bits per heavy atom. The number of thiazole rings is 1. The van der Waals surface area contributed by atoms with Gasteiger partial charge in [0.15, 0.2) is 10.8 Å². The van der Waals surface area contributed by atoms with Crippen LogP contribution in [0.5, 0.6) is 0 Å². The Morgan fingerprint density at radius 3 is 2.85 bits per heavy atom. The molecule has 1 heterocycles. The predicted octanol–water partition coefficient (Wildman–Crippen LogP) is 4.44. The summed E-state index contributed by atoms with van der Waals surface area (Å²) >= 11 is 4.87. The summed E-state index contributed by atoms with van der Waals surface area (Å²) in [6.45, 7) is 6.01. The molecule has 0 saturated carbocycles. The summed E-state index contributed by atoms with van der Waals surface area (Å²) in [7, 11) is 0. The van der Waals surface area contributed by atoms with Gasteiger partial charge in [0.05, 0.1) is 6.61 Å². The Morgan fingerprint density at radius 2 is 2.20 bits per heavy atom. The predicted molar refractivity (Wildman–Crippen MR) is 85.0 cm³/mol. The number of carbonyl (C=O) groups excluding carboxylic acids is 1. The van der Waals surface area contributed by atoms with Crippen molar-refractivity contribution in [3.05, 3.63) is 38.8 Å². The molecular weight excluding hydrogens is 340 g/mol. The summed E-state index contributed by atoms with van der Waals surface area (Å²) < 4.78 is 6.01. The zero-order valence-electron chi connectivity index (χ0n) is 11.5. The van der Waals surface area contributed by atoms with Crippen LogP contribution in [0.4, 0.5) is 10.8 Å². The van der Waals surface area contributed by atoms with Crippen molar-refractivity contribution >= 4 is 44.1 Å². The Hall–Kier alpha value is -1.40. The van der Waals surface area contributed by atoms with Crippen LogP contribution in [0.15, 0.2) is 22.7 Å². The topological polar surface area (TPSA) is 51.2 Å². The summed E-state index contributed by atoms with van der Waals surface area (Å²) in [5.74, 6) is -0.373. The Labute approximate surface area is 130 Å².